The maximum atomic E-state index is 9.01. The van der Waals surface area contributed by atoms with Crippen LogP contribution in [0, 0.1) is 0 Å². The Bertz CT molecular complexity index is 348. The van der Waals surface area contributed by atoms with E-state index in [1.165, 1.54) is 19.3 Å². The average molecular weight is 249 g/mol. The fraction of sp³-hybridized carbons (Fsp3) is 0.600. The van der Waals surface area contributed by atoms with E-state index in [2.05, 4.69) is 5.32 Å². The first-order chi connectivity index (χ1) is 8.90. The van der Waals surface area contributed by atoms with Crippen molar-refractivity contribution in [1.29, 1.82) is 0 Å². The zero-order valence-corrected chi connectivity index (χ0v) is 10.9. The highest BCUT2D eigenvalue weighted by molar-refractivity contribution is 5.33. The fourth-order valence-corrected chi connectivity index (χ4v) is 2.45. The Kier molecular flexibility index (Phi) is 5.49. The van der Waals surface area contributed by atoms with Crippen LogP contribution in [0.15, 0.2) is 24.3 Å². The number of benzene rings is 1. The van der Waals surface area contributed by atoms with E-state index < -0.39 is 0 Å². The standard InChI is InChI=1S/C15H23NO2/c17-11-8-13-5-1-2-7-15(13)18-12-9-14-6-3-4-10-16-14/h1-2,5,7,14,16-17H,3-4,6,8-12H2. The second kappa shape index (κ2) is 7.39. The first-order valence-corrected chi connectivity index (χ1v) is 6.95. The number of hydrogen-bond donors (Lipinski definition) is 2. The van der Waals surface area contributed by atoms with Crippen molar-refractivity contribution in [1.82, 2.24) is 5.32 Å². The van der Waals surface area contributed by atoms with Crippen molar-refractivity contribution in [3.8, 4) is 5.75 Å². The SMILES string of the molecule is OCCc1ccccc1OCCC1CCCCN1. The number of para-hydroxylation sites is 1. The molecule has 1 aliphatic rings. The number of aliphatic hydroxyl groups is 1. The summed E-state index contributed by atoms with van der Waals surface area (Å²) in [6.07, 6.45) is 5.63. The van der Waals surface area contributed by atoms with Crippen LogP contribution < -0.4 is 10.1 Å². The molecule has 2 rings (SSSR count). The number of piperidine rings is 1. The molecule has 0 radical (unpaired) electrons. The van der Waals surface area contributed by atoms with Gasteiger partial charge in [-0.1, -0.05) is 24.6 Å². The summed E-state index contributed by atoms with van der Waals surface area (Å²) < 4.78 is 5.84. The van der Waals surface area contributed by atoms with Gasteiger partial charge in [0.05, 0.1) is 6.61 Å². The molecule has 0 saturated carbocycles. The third kappa shape index (κ3) is 4.00. The molecule has 1 unspecified atom stereocenters. The molecule has 1 saturated heterocycles. The van der Waals surface area contributed by atoms with Crippen molar-refractivity contribution < 1.29 is 9.84 Å². The maximum absolute atomic E-state index is 9.01. The van der Waals surface area contributed by atoms with E-state index in [4.69, 9.17) is 9.84 Å². The molecule has 3 heteroatoms. The van der Waals surface area contributed by atoms with E-state index in [0.717, 1.165) is 30.9 Å². The van der Waals surface area contributed by atoms with Crippen LogP contribution in [-0.4, -0.2) is 30.9 Å². The van der Waals surface area contributed by atoms with E-state index in [0.29, 0.717) is 12.5 Å². The molecule has 18 heavy (non-hydrogen) atoms. The van der Waals surface area contributed by atoms with E-state index >= 15 is 0 Å². The largest absolute Gasteiger partial charge is 0.493 e. The molecule has 0 amide bonds. The van der Waals surface area contributed by atoms with Gasteiger partial charge in [0.15, 0.2) is 0 Å². The summed E-state index contributed by atoms with van der Waals surface area (Å²) in [4.78, 5) is 0. The highest BCUT2D eigenvalue weighted by atomic mass is 16.5. The Labute approximate surface area is 109 Å². The zero-order chi connectivity index (χ0) is 12.6. The van der Waals surface area contributed by atoms with E-state index in [1.807, 2.05) is 24.3 Å². The molecule has 100 valence electrons. The molecule has 2 N–H and O–H groups in total. The normalized spacial score (nSPS) is 19.7. The molecular weight excluding hydrogens is 226 g/mol. The van der Waals surface area contributed by atoms with E-state index in [1.54, 1.807) is 0 Å². The van der Waals surface area contributed by atoms with Gasteiger partial charge in [0.1, 0.15) is 5.75 Å². The Balaban J connectivity index is 1.78. The Hall–Kier alpha value is -1.06. The van der Waals surface area contributed by atoms with Gasteiger partial charge >= 0.3 is 0 Å². The Morgan fingerprint density at radius 1 is 1.28 bits per heavy atom. The third-order valence-electron chi connectivity index (χ3n) is 3.49. The quantitative estimate of drug-likeness (QED) is 0.811. The molecule has 1 aromatic carbocycles. The number of rotatable bonds is 6. The molecule has 0 bridgehead atoms. The molecule has 1 fully saturated rings. The molecule has 0 spiro atoms. The smallest absolute Gasteiger partial charge is 0.122 e. The molecule has 1 aliphatic heterocycles. The first-order valence-electron chi connectivity index (χ1n) is 6.95. The minimum Gasteiger partial charge on any atom is -0.493 e. The van der Waals surface area contributed by atoms with Gasteiger partial charge in [-0.15, -0.1) is 0 Å². The monoisotopic (exact) mass is 249 g/mol. The van der Waals surface area contributed by atoms with Crippen LogP contribution >= 0.6 is 0 Å². The van der Waals surface area contributed by atoms with Crippen LogP contribution in [0.4, 0.5) is 0 Å². The summed E-state index contributed by atoms with van der Waals surface area (Å²) in [5.74, 6) is 0.919. The summed E-state index contributed by atoms with van der Waals surface area (Å²) in [6, 6.07) is 8.59. The minimum absolute atomic E-state index is 0.171. The van der Waals surface area contributed by atoms with Crippen molar-refractivity contribution in [2.75, 3.05) is 19.8 Å². The number of ether oxygens (including phenoxy) is 1. The summed E-state index contributed by atoms with van der Waals surface area (Å²) in [5.41, 5.74) is 1.09. The molecule has 0 aromatic heterocycles. The van der Waals surface area contributed by atoms with Gasteiger partial charge in [-0.2, -0.15) is 0 Å². The number of hydrogen-bond acceptors (Lipinski definition) is 3. The van der Waals surface area contributed by atoms with Crippen molar-refractivity contribution in [3.63, 3.8) is 0 Å². The van der Waals surface area contributed by atoms with Gasteiger partial charge in [-0.05, 0) is 43.9 Å². The lowest BCUT2D eigenvalue weighted by Crippen LogP contribution is -2.35. The van der Waals surface area contributed by atoms with Gasteiger partial charge in [0.2, 0.25) is 0 Å². The van der Waals surface area contributed by atoms with Gasteiger partial charge in [-0.25, -0.2) is 0 Å². The van der Waals surface area contributed by atoms with Crippen molar-refractivity contribution in [2.45, 2.75) is 38.1 Å². The zero-order valence-electron chi connectivity index (χ0n) is 10.9. The van der Waals surface area contributed by atoms with Crippen LogP contribution in [0.5, 0.6) is 5.75 Å². The first kappa shape index (κ1) is 13.4. The lowest BCUT2D eigenvalue weighted by Gasteiger charge is -2.23. The Morgan fingerprint density at radius 2 is 2.17 bits per heavy atom. The highest BCUT2D eigenvalue weighted by Crippen LogP contribution is 2.19. The number of nitrogens with one attached hydrogen (secondary N) is 1. The van der Waals surface area contributed by atoms with Crippen LogP contribution in [0.3, 0.4) is 0 Å². The van der Waals surface area contributed by atoms with E-state index in [9.17, 15) is 0 Å². The summed E-state index contributed by atoms with van der Waals surface area (Å²) in [5, 5.41) is 12.5. The molecule has 0 aliphatic carbocycles. The van der Waals surface area contributed by atoms with Crippen molar-refractivity contribution >= 4 is 0 Å². The topological polar surface area (TPSA) is 41.5 Å². The van der Waals surface area contributed by atoms with Gasteiger partial charge in [0.25, 0.3) is 0 Å². The molecular formula is C15H23NO2. The molecule has 3 nitrogen and oxygen atoms in total. The van der Waals surface area contributed by atoms with E-state index in [-0.39, 0.29) is 6.61 Å². The molecule has 1 atom stereocenters. The third-order valence-corrected chi connectivity index (χ3v) is 3.49. The van der Waals surface area contributed by atoms with Crippen molar-refractivity contribution in [2.24, 2.45) is 0 Å². The average Bonchev–Trinajstić information content (AvgIpc) is 2.42. The highest BCUT2D eigenvalue weighted by Gasteiger charge is 2.12. The lowest BCUT2D eigenvalue weighted by molar-refractivity contribution is 0.261. The van der Waals surface area contributed by atoms with Crippen LogP contribution in [0.2, 0.25) is 0 Å². The lowest BCUT2D eigenvalue weighted by atomic mass is 10.0. The van der Waals surface area contributed by atoms with Crippen molar-refractivity contribution in [3.05, 3.63) is 29.8 Å². The predicted molar refractivity (Wildman–Crippen MR) is 73.0 cm³/mol. The summed E-state index contributed by atoms with van der Waals surface area (Å²) >= 11 is 0. The minimum atomic E-state index is 0.171. The Morgan fingerprint density at radius 3 is 2.94 bits per heavy atom. The number of aliphatic hydroxyl groups excluding tert-OH is 1. The van der Waals surface area contributed by atoms with Crippen LogP contribution in [-0.2, 0) is 6.42 Å². The second-order valence-electron chi connectivity index (χ2n) is 4.87. The fourth-order valence-electron chi connectivity index (χ4n) is 2.45. The maximum Gasteiger partial charge on any atom is 0.122 e. The van der Waals surface area contributed by atoms with Gasteiger partial charge in [0, 0.05) is 12.6 Å². The van der Waals surface area contributed by atoms with Crippen LogP contribution in [0.25, 0.3) is 0 Å². The summed E-state index contributed by atoms with van der Waals surface area (Å²) in [6.45, 7) is 2.07. The summed E-state index contributed by atoms with van der Waals surface area (Å²) in [7, 11) is 0. The van der Waals surface area contributed by atoms with Crippen LogP contribution in [0.1, 0.15) is 31.2 Å². The predicted octanol–water partition coefficient (Wildman–Crippen LogP) is 2.13. The molecule has 1 heterocycles. The molecule has 1 aromatic rings. The van der Waals surface area contributed by atoms with Gasteiger partial charge in [-0.3, -0.25) is 0 Å². The van der Waals surface area contributed by atoms with Gasteiger partial charge < -0.3 is 15.2 Å². The second-order valence-corrected chi connectivity index (χ2v) is 4.87.